The molecule has 0 amide bonds. The number of nitrogens with two attached hydrogens (primary N) is 2. The zero-order valence-electron chi connectivity index (χ0n) is 7.32. The van der Waals surface area contributed by atoms with Crippen LogP contribution in [0.3, 0.4) is 0 Å². The highest BCUT2D eigenvalue weighted by molar-refractivity contribution is 6.01. The molecule has 0 fully saturated rings. The lowest BCUT2D eigenvalue weighted by Crippen LogP contribution is -2.34. The van der Waals surface area contributed by atoms with Gasteiger partial charge in [0.15, 0.2) is 0 Å². The summed E-state index contributed by atoms with van der Waals surface area (Å²) in [5, 5.41) is 0. The summed E-state index contributed by atoms with van der Waals surface area (Å²) in [6.45, 7) is 0. The third kappa shape index (κ3) is 1.03. The van der Waals surface area contributed by atoms with Gasteiger partial charge in [-0.2, -0.15) is 0 Å². The van der Waals surface area contributed by atoms with E-state index in [1.807, 2.05) is 24.3 Å². The maximum Gasteiger partial charge on any atom is 0.243 e. The van der Waals surface area contributed by atoms with Crippen LogP contribution >= 0.6 is 0 Å². The second-order valence-corrected chi connectivity index (χ2v) is 2.94. The predicted molar refractivity (Wildman–Crippen MR) is 50.0 cm³/mol. The highest BCUT2D eigenvalue weighted by atomic mass is 16.5. The van der Waals surface area contributed by atoms with E-state index in [0.29, 0.717) is 5.84 Å². The van der Waals surface area contributed by atoms with E-state index in [0.717, 1.165) is 11.1 Å². The van der Waals surface area contributed by atoms with E-state index in [4.69, 9.17) is 16.2 Å². The van der Waals surface area contributed by atoms with E-state index < -0.39 is 5.85 Å². The number of nitrogens with zero attached hydrogens (tertiary/aromatic N) is 1. The summed E-state index contributed by atoms with van der Waals surface area (Å²) in [5.41, 5.74) is 13.2. The lowest BCUT2D eigenvalue weighted by molar-refractivity contribution is 0.00165. The lowest BCUT2D eigenvalue weighted by atomic mass is 10.1. The maximum absolute atomic E-state index is 5.87. The first-order chi connectivity index (χ1) is 6.17. The Bertz CT molecular complexity index is 375. The maximum atomic E-state index is 5.87. The van der Waals surface area contributed by atoms with Gasteiger partial charge in [-0.25, -0.2) is 4.99 Å². The van der Waals surface area contributed by atoms with Crippen molar-refractivity contribution >= 4 is 5.84 Å². The number of hydrogen-bond donors (Lipinski definition) is 2. The topological polar surface area (TPSA) is 73.6 Å². The van der Waals surface area contributed by atoms with Gasteiger partial charge in [-0.1, -0.05) is 24.3 Å². The van der Waals surface area contributed by atoms with Gasteiger partial charge in [0.05, 0.1) is 0 Å². The first-order valence-electron chi connectivity index (χ1n) is 3.96. The minimum Gasteiger partial charge on any atom is -0.383 e. The lowest BCUT2D eigenvalue weighted by Gasteiger charge is -2.19. The van der Waals surface area contributed by atoms with Crippen molar-refractivity contribution in [1.82, 2.24) is 0 Å². The van der Waals surface area contributed by atoms with E-state index in [9.17, 15) is 0 Å². The van der Waals surface area contributed by atoms with Crippen molar-refractivity contribution in [2.75, 3.05) is 7.11 Å². The van der Waals surface area contributed by atoms with Crippen molar-refractivity contribution in [1.29, 1.82) is 0 Å². The molecule has 1 aromatic carbocycles. The van der Waals surface area contributed by atoms with Gasteiger partial charge < -0.3 is 10.5 Å². The first-order valence-corrected chi connectivity index (χ1v) is 3.96. The molecule has 0 aromatic heterocycles. The molecule has 1 aromatic rings. The SMILES string of the molecule is COC1(N)N=C(N)c2ccccc21. The Morgan fingerprint density at radius 2 is 2.08 bits per heavy atom. The fourth-order valence-electron chi connectivity index (χ4n) is 1.47. The van der Waals surface area contributed by atoms with Gasteiger partial charge in [0, 0.05) is 18.2 Å². The molecule has 1 atom stereocenters. The molecule has 1 unspecified atom stereocenters. The Labute approximate surface area is 76.2 Å². The van der Waals surface area contributed by atoms with Crippen LogP contribution in [0.5, 0.6) is 0 Å². The molecule has 0 radical (unpaired) electrons. The molecule has 1 heterocycles. The summed E-state index contributed by atoms with van der Waals surface area (Å²) in [5.74, 6) is -0.666. The summed E-state index contributed by atoms with van der Waals surface area (Å²) < 4.78 is 5.11. The average Bonchev–Trinajstić information content (AvgIpc) is 2.42. The second kappa shape index (κ2) is 2.55. The van der Waals surface area contributed by atoms with Gasteiger partial charge >= 0.3 is 0 Å². The third-order valence-electron chi connectivity index (χ3n) is 2.19. The van der Waals surface area contributed by atoms with Crippen LogP contribution in [0.15, 0.2) is 29.3 Å². The molecule has 1 aliphatic heterocycles. The smallest absolute Gasteiger partial charge is 0.243 e. The molecule has 0 bridgehead atoms. The van der Waals surface area contributed by atoms with Crippen molar-refractivity contribution in [2.24, 2.45) is 16.5 Å². The molecule has 0 spiro atoms. The second-order valence-electron chi connectivity index (χ2n) is 2.94. The Morgan fingerprint density at radius 3 is 2.77 bits per heavy atom. The number of amidine groups is 1. The first kappa shape index (κ1) is 8.22. The standard InChI is InChI=1S/C9H11N3O/c1-13-9(11)7-5-3-2-4-6(7)8(10)12-9/h2-5H,11H2,1H3,(H2,10,12). The van der Waals surface area contributed by atoms with E-state index >= 15 is 0 Å². The molecular formula is C9H11N3O. The van der Waals surface area contributed by atoms with Crippen LogP contribution in [0.4, 0.5) is 0 Å². The fraction of sp³-hybridized carbons (Fsp3) is 0.222. The quantitative estimate of drug-likeness (QED) is 0.598. The number of benzene rings is 1. The summed E-state index contributed by atoms with van der Waals surface area (Å²) >= 11 is 0. The third-order valence-corrected chi connectivity index (χ3v) is 2.19. The molecule has 4 heteroatoms. The van der Waals surface area contributed by atoms with Crippen LogP contribution in [0.2, 0.25) is 0 Å². The van der Waals surface area contributed by atoms with E-state index in [1.54, 1.807) is 0 Å². The van der Waals surface area contributed by atoms with Crippen molar-refractivity contribution in [3.05, 3.63) is 35.4 Å². The Balaban J connectivity index is 2.62. The number of ether oxygens (including phenoxy) is 1. The predicted octanol–water partition coefficient (Wildman–Crippen LogP) is 0.121. The van der Waals surface area contributed by atoms with Gasteiger partial charge in [-0.3, -0.25) is 5.73 Å². The zero-order chi connectivity index (χ0) is 9.47. The Kier molecular flexibility index (Phi) is 1.61. The van der Waals surface area contributed by atoms with Crippen molar-refractivity contribution in [3.63, 3.8) is 0 Å². The summed E-state index contributed by atoms with van der Waals surface area (Å²) in [6, 6.07) is 7.51. The summed E-state index contributed by atoms with van der Waals surface area (Å²) in [6.07, 6.45) is 0. The van der Waals surface area contributed by atoms with Crippen molar-refractivity contribution in [3.8, 4) is 0 Å². The molecule has 68 valence electrons. The number of aliphatic imine (C=N–C) groups is 1. The molecule has 4 nitrogen and oxygen atoms in total. The van der Waals surface area contributed by atoms with Crippen LogP contribution < -0.4 is 11.5 Å². The monoisotopic (exact) mass is 177 g/mol. The Hall–Kier alpha value is -1.39. The molecule has 0 aliphatic carbocycles. The molecule has 2 rings (SSSR count). The van der Waals surface area contributed by atoms with Crippen LogP contribution in [-0.2, 0) is 10.6 Å². The van der Waals surface area contributed by atoms with E-state index in [-0.39, 0.29) is 0 Å². The number of rotatable bonds is 1. The van der Waals surface area contributed by atoms with Gasteiger partial charge in [0.2, 0.25) is 5.85 Å². The largest absolute Gasteiger partial charge is 0.383 e. The van der Waals surface area contributed by atoms with Crippen LogP contribution in [0, 0.1) is 0 Å². The van der Waals surface area contributed by atoms with Crippen LogP contribution in [0.1, 0.15) is 11.1 Å². The fourth-order valence-corrected chi connectivity index (χ4v) is 1.47. The Morgan fingerprint density at radius 1 is 1.38 bits per heavy atom. The van der Waals surface area contributed by atoms with E-state index in [1.165, 1.54) is 7.11 Å². The van der Waals surface area contributed by atoms with E-state index in [2.05, 4.69) is 4.99 Å². The van der Waals surface area contributed by atoms with Gasteiger partial charge in [-0.05, 0) is 0 Å². The normalized spacial score (nSPS) is 25.5. The minimum atomic E-state index is -1.10. The highest BCUT2D eigenvalue weighted by Gasteiger charge is 2.35. The molecule has 0 saturated heterocycles. The molecule has 13 heavy (non-hydrogen) atoms. The highest BCUT2D eigenvalue weighted by Crippen LogP contribution is 2.29. The van der Waals surface area contributed by atoms with Gasteiger partial charge in [0.1, 0.15) is 5.84 Å². The summed E-state index contributed by atoms with van der Waals surface area (Å²) in [7, 11) is 1.51. The van der Waals surface area contributed by atoms with Crippen molar-refractivity contribution in [2.45, 2.75) is 5.85 Å². The zero-order valence-corrected chi connectivity index (χ0v) is 7.32. The molecule has 4 N–H and O–H groups in total. The number of methoxy groups -OCH3 is 1. The average molecular weight is 177 g/mol. The van der Waals surface area contributed by atoms with Crippen LogP contribution in [-0.4, -0.2) is 12.9 Å². The molecule has 0 saturated carbocycles. The van der Waals surface area contributed by atoms with Crippen LogP contribution in [0.25, 0.3) is 0 Å². The molecular weight excluding hydrogens is 166 g/mol. The van der Waals surface area contributed by atoms with Gasteiger partial charge in [0.25, 0.3) is 0 Å². The number of hydrogen-bond acceptors (Lipinski definition) is 4. The van der Waals surface area contributed by atoms with Gasteiger partial charge in [-0.15, -0.1) is 0 Å². The van der Waals surface area contributed by atoms with Crippen molar-refractivity contribution < 1.29 is 4.74 Å². The number of fused-ring (bicyclic) bond motifs is 1. The molecule has 1 aliphatic rings. The minimum absolute atomic E-state index is 0.431. The summed E-state index contributed by atoms with van der Waals surface area (Å²) in [4.78, 5) is 4.06.